The van der Waals surface area contributed by atoms with E-state index >= 15 is 0 Å². The van der Waals surface area contributed by atoms with E-state index in [9.17, 15) is 5.11 Å². The first kappa shape index (κ1) is 11.1. The van der Waals surface area contributed by atoms with Crippen LogP contribution in [0.15, 0.2) is 36.0 Å². The second kappa shape index (κ2) is 5.09. The van der Waals surface area contributed by atoms with Gasteiger partial charge in [0.05, 0.1) is 24.5 Å². The van der Waals surface area contributed by atoms with Gasteiger partial charge in [0.2, 0.25) is 0 Å². The molecule has 0 aliphatic heterocycles. The third-order valence-corrected chi connectivity index (χ3v) is 3.48. The lowest BCUT2D eigenvalue weighted by Crippen LogP contribution is -2.07. The molecule has 0 fully saturated rings. The molecule has 2 aromatic heterocycles. The number of aliphatic hydroxyl groups excluding tert-OH is 1. The molecule has 1 unspecified atom stereocenters. The highest BCUT2D eigenvalue weighted by atomic mass is 32.1. The summed E-state index contributed by atoms with van der Waals surface area (Å²) in [5.74, 6) is 0. The second-order valence-electron chi connectivity index (χ2n) is 3.57. The van der Waals surface area contributed by atoms with Gasteiger partial charge in [-0.15, -0.1) is 11.3 Å². The smallest absolute Gasteiger partial charge is 0.0703 e. The third kappa shape index (κ3) is 2.40. The van der Waals surface area contributed by atoms with Crippen molar-refractivity contribution in [1.82, 2.24) is 4.98 Å². The lowest BCUT2D eigenvalue weighted by molar-refractivity contribution is 0.282. The molecule has 0 aliphatic rings. The van der Waals surface area contributed by atoms with E-state index in [1.165, 1.54) is 4.88 Å². The zero-order chi connectivity index (χ0) is 11.4. The van der Waals surface area contributed by atoms with Crippen molar-refractivity contribution in [2.24, 2.45) is 0 Å². The van der Waals surface area contributed by atoms with E-state index in [0.717, 1.165) is 11.3 Å². The van der Waals surface area contributed by atoms with E-state index in [1.807, 2.05) is 12.1 Å². The highest BCUT2D eigenvalue weighted by Crippen LogP contribution is 2.24. The molecule has 0 aliphatic carbocycles. The Morgan fingerprint density at radius 1 is 1.50 bits per heavy atom. The van der Waals surface area contributed by atoms with Crippen LogP contribution in [0.2, 0.25) is 0 Å². The summed E-state index contributed by atoms with van der Waals surface area (Å²) in [5.41, 5.74) is 1.77. The summed E-state index contributed by atoms with van der Waals surface area (Å²) >= 11 is 1.72. The molecule has 4 heteroatoms. The van der Waals surface area contributed by atoms with Gasteiger partial charge < -0.3 is 10.4 Å². The number of nitrogens with one attached hydrogen (secondary N) is 1. The van der Waals surface area contributed by atoms with E-state index < -0.39 is 0 Å². The summed E-state index contributed by atoms with van der Waals surface area (Å²) in [6.07, 6.45) is 3.43. The molecule has 3 nitrogen and oxygen atoms in total. The molecule has 0 radical (unpaired) electrons. The van der Waals surface area contributed by atoms with Gasteiger partial charge in [0.1, 0.15) is 0 Å². The summed E-state index contributed by atoms with van der Waals surface area (Å²) < 4.78 is 0. The van der Waals surface area contributed by atoms with Gasteiger partial charge in [-0.3, -0.25) is 4.98 Å². The van der Waals surface area contributed by atoms with Gasteiger partial charge in [-0.05, 0) is 24.4 Å². The van der Waals surface area contributed by atoms with Gasteiger partial charge in [0.25, 0.3) is 0 Å². The lowest BCUT2D eigenvalue weighted by Gasteiger charge is -2.15. The van der Waals surface area contributed by atoms with Crippen molar-refractivity contribution in [2.45, 2.75) is 19.6 Å². The van der Waals surface area contributed by atoms with Crippen LogP contribution in [0.4, 0.5) is 5.69 Å². The van der Waals surface area contributed by atoms with Crippen LogP contribution in [0.3, 0.4) is 0 Å². The Labute approximate surface area is 98.8 Å². The first-order valence-corrected chi connectivity index (χ1v) is 6.03. The molecule has 0 aromatic carbocycles. The summed E-state index contributed by atoms with van der Waals surface area (Å²) in [6, 6.07) is 6.18. The maximum atomic E-state index is 9.20. The van der Waals surface area contributed by atoms with E-state index in [0.29, 0.717) is 0 Å². The minimum Gasteiger partial charge on any atom is -0.392 e. The fourth-order valence-corrected chi connectivity index (χ4v) is 2.27. The summed E-state index contributed by atoms with van der Waals surface area (Å²) in [7, 11) is 0. The molecule has 1 atom stereocenters. The number of anilines is 1. The highest BCUT2D eigenvalue weighted by Gasteiger charge is 2.08. The zero-order valence-corrected chi connectivity index (χ0v) is 9.87. The topological polar surface area (TPSA) is 45.2 Å². The largest absolute Gasteiger partial charge is 0.392 e. The second-order valence-corrected chi connectivity index (χ2v) is 4.55. The molecular weight excluding hydrogens is 220 g/mol. The van der Waals surface area contributed by atoms with Crippen LogP contribution in [0, 0.1) is 0 Å². The number of aromatic nitrogens is 1. The van der Waals surface area contributed by atoms with E-state index in [-0.39, 0.29) is 12.6 Å². The van der Waals surface area contributed by atoms with Crippen molar-refractivity contribution in [2.75, 3.05) is 5.32 Å². The van der Waals surface area contributed by atoms with Crippen molar-refractivity contribution < 1.29 is 5.11 Å². The van der Waals surface area contributed by atoms with Crippen molar-refractivity contribution >= 4 is 17.0 Å². The fraction of sp³-hybridized carbons (Fsp3) is 0.250. The standard InChI is InChI=1S/C12H14N2OS/c1-9(12-3-2-6-16-12)14-11-7-13-5-4-10(11)8-15/h2-7,9,14-15H,8H2,1H3. The molecule has 0 bridgehead atoms. The fourth-order valence-electron chi connectivity index (χ4n) is 1.53. The van der Waals surface area contributed by atoms with Crippen molar-refractivity contribution in [3.8, 4) is 0 Å². The maximum absolute atomic E-state index is 9.20. The molecule has 0 spiro atoms. The van der Waals surface area contributed by atoms with Gasteiger partial charge in [-0.2, -0.15) is 0 Å². The minimum atomic E-state index is 0.0298. The predicted octanol–water partition coefficient (Wildman–Crippen LogP) is 2.81. The molecule has 2 heterocycles. The Balaban J connectivity index is 2.14. The molecule has 84 valence electrons. The number of nitrogens with zero attached hydrogens (tertiary/aromatic N) is 1. The normalized spacial score (nSPS) is 12.4. The number of hydrogen-bond donors (Lipinski definition) is 2. The molecule has 2 rings (SSSR count). The number of rotatable bonds is 4. The Kier molecular flexibility index (Phi) is 3.54. The van der Waals surface area contributed by atoms with E-state index in [4.69, 9.17) is 0 Å². The average molecular weight is 234 g/mol. The SMILES string of the molecule is CC(Nc1cnccc1CO)c1cccs1. The molecule has 2 aromatic rings. The average Bonchev–Trinajstić information content (AvgIpc) is 2.83. The van der Waals surface area contributed by atoms with Crippen LogP contribution in [0.25, 0.3) is 0 Å². The highest BCUT2D eigenvalue weighted by molar-refractivity contribution is 7.10. The molecule has 0 saturated carbocycles. The lowest BCUT2D eigenvalue weighted by atomic mass is 10.2. The van der Waals surface area contributed by atoms with E-state index in [2.05, 4.69) is 28.7 Å². The van der Waals surface area contributed by atoms with Gasteiger partial charge in [-0.25, -0.2) is 0 Å². The van der Waals surface area contributed by atoms with Crippen molar-refractivity contribution in [1.29, 1.82) is 0 Å². The Bertz CT molecular complexity index is 442. The Hall–Kier alpha value is -1.39. The van der Waals surface area contributed by atoms with Gasteiger partial charge in [-0.1, -0.05) is 6.07 Å². The number of pyridine rings is 1. The molecule has 16 heavy (non-hydrogen) atoms. The molecule has 0 amide bonds. The molecule has 0 saturated heterocycles. The van der Waals surface area contributed by atoms with Crippen molar-refractivity contribution in [3.63, 3.8) is 0 Å². The summed E-state index contributed by atoms with van der Waals surface area (Å²) in [5, 5.41) is 14.6. The minimum absolute atomic E-state index is 0.0298. The Morgan fingerprint density at radius 2 is 2.38 bits per heavy atom. The number of thiophene rings is 1. The van der Waals surface area contributed by atoms with Crippen LogP contribution in [0.5, 0.6) is 0 Å². The van der Waals surface area contributed by atoms with Crippen LogP contribution >= 0.6 is 11.3 Å². The Morgan fingerprint density at radius 3 is 3.06 bits per heavy atom. The first-order chi connectivity index (χ1) is 7.81. The van der Waals surface area contributed by atoms with Crippen LogP contribution < -0.4 is 5.32 Å². The van der Waals surface area contributed by atoms with Gasteiger partial charge in [0, 0.05) is 16.6 Å². The van der Waals surface area contributed by atoms with Crippen LogP contribution in [-0.4, -0.2) is 10.1 Å². The van der Waals surface area contributed by atoms with Gasteiger partial charge >= 0.3 is 0 Å². The monoisotopic (exact) mass is 234 g/mol. The molecule has 2 N–H and O–H groups in total. The predicted molar refractivity (Wildman–Crippen MR) is 66.5 cm³/mol. The first-order valence-electron chi connectivity index (χ1n) is 5.15. The van der Waals surface area contributed by atoms with E-state index in [1.54, 1.807) is 23.7 Å². The number of hydrogen-bond acceptors (Lipinski definition) is 4. The van der Waals surface area contributed by atoms with Gasteiger partial charge in [0.15, 0.2) is 0 Å². The van der Waals surface area contributed by atoms with Crippen LogP contribution in [-0.2, 0) is 6.61 Å². The quantitative estimate of drug-likeness (QED) is 0.855. The third-order valence-electron chi connectivity index (χ3n) is 2.42. The van der Waals surface area contributed by atoms with Crippen molar-refractivity contribution in [3.05, 3.63) is 46.4 Å². The summed E-state index contributed by atoms with van der Waals surface area (Å²) in [6.45, 7) is 2.13. The van der Waals surface area contributed by atoms with Crippen LogP contribution in [0.1, 0.15) is 23.4 Å². The maximum Gasteiger partial charge on any atom is 0.0703 e. The summed E-state index contributed by atoms with van der Waals surface area (Å²) in [4.78, 5) is 5.33. The number of aliphatic hydroxyl groups is 1. The zero-order valence-electron chi connectivity index (χ0n) is 9.05. The molecular formula is C12H14N2OS.